The summed E-state index contributed by atoms with van der Waals surface area (Å²) in [4.78, 5) is 4.00. The number of hydrogen-bond donors (Lipinski definition) is 0. The Hall–Kier alpha value is -1.55. The summed E-state index contributed by atoms with van der Waals surface area (Å²) in [6.07, 6.45) is -6.94. The van der Waals surface area contributed by atoms with Crippen LogP contribution in [-0.2, 0) is 13.0 Å². The van der Waals surface area contributed by atoms with Crippen molar-refractivity contribution in [2.75, 3.05) is 13.0 Å². The van der Waals surface area contributed by atoms with Gasteiger partial charge in [-0.25, -0.2) is 4.98 Å². The fourth-order valence-electron chi connectivity index (χ4n) is 2.22. The molecule has 3 aromatic rings. The predicted molar refractivity (Wildman–Crippen MR) is 102 cm³/mol. The maximum absolute atomic E-state index is 8.85. The molecule has 0 bridgehead atoms. The third kappa shape index (κ3) is 3.59. The van der Waals surface area contributed by atoms with Crippen molar-refractivity contribution in [1.29, 1.82) is 0 Å². The molecule has 0 aliphatic carbocycles. The average Bonchev–Trinajstić information content (AvgIpc) is 3.17. The molecule has 126 valence electrons. The Balaban J connectivity index is 0.00000361. The van der Waals surface area contributed by atoms with Crippen LogP contribution in [0.3, 0.4) is 0 Å². The zero-order chi connectivity index (χ0) is 26.4. The van der Waals surface area contributed by atoms with Crippen LogP contribution in [0.5, 0.6) is 0 Å². The molecule has 0 N–H and O–H groups in total. The van der Waals surface area contributed by atoms with E-state index in [1.165, 1.54) is 36.4 Å². The van der Waals surface area contributed by atoms with Gasteiger partial charge in [-0.15, -0.1) is 12.4 Å². The van der Waals surface area contributed by atoms with Crippen LogP contribution < -0.4 is 0 Å². The van der Waals surface area contributed by atoms with Gasteiger partial charge >= 0.3 is 0 Å². The van der Waals surface area contributed by atoms with Gasteiger partial charge in [-0.05, 0) is 55.6 Å². The first-order valence-electron chi connectivity index (χ1n) is 12.9. The van der Waals surface area contributed by atoms with Gasteiger partial charge in [0.2, 0.25) is 0 Å². The Kier molecular flexibility index (Phi) is 2.45. The molecule has 4 rings (SSSR count). The second-order valence-corrected chi connectivity index (χ2v) is 5.24. The van der Waals surface area contributed by atoms with E-state index < -0.39 is 44.6 Å². The lowest BCUT2D eigenvalue weighted by Gasteiger charge is -2.16. The van der Waals surface area contributed by atoms with Gasteiger partial charge < -0.3 is 4.57 Å². The van der Waals surface area contributed by atoms with E-state index in [1.807, 2.05) is 0 Å². The smallest absolute Gasteiger partial charge is 0.124 e. The van der Waals surface area contributed by atoms with Gasteiger partial charge in [0.15, 0.2) is 0 Å². The summed E-state index contributed by atoms with van der Waals surface area (Å²) in [5, 5.41) is 0.332. The summed E-state index contributed by atoms with van der Waals surface area (Å²) in [6.45, 7) is -12.8. The van der Waals surface area contributed by atoms with Crippen LogP contribution in [0.25, 0.3) is 11.0 Å². The molecule has 1 saturated heterocycles. The quantitative estimate of drug-likeness (QED) is 0.657. The van der Waals surface area contributed by atoms with Crippen molar-refractivity contribution in [3.8, 4) is 0 Å². The lowest BCUT2D eigenvalue weighted by Crippen LogP contribution is -2.21. The molecule has 24 heavy (non-hydrogen) atoms. The number of hydrogen-bond acceptors (Lipinski definition) is 2. The average molecular weight is 374 g/mol. The highest BCUT2D eigenvalue weighted by Crippen LogP contribution is 2.21. The summed E-state index contributed by atoms with van der Waals surface area (Å²) in [5.74, 6) is -0.764. The largest absolute Gasteiger partial charge is 0.322 e. The molecule has 2 heterocycles. The number of nitrogens with zero attached hydrogens (tertiary/aromatic N) is 3. The Morgan fingerprint density at radius 3 is 2.50 bits per heavy atom. The van der Waals surface area contributed by atoms with E-state index in [4.69, 9.17) is 28.1 Å². The fraction of sp³-hybridized carbons (Fsp3) is 0.316. The molecule has 2 aromatic carbocycles. The lowest BCUT2D eigenvalue weighted by molar-refractivity contribution is 0.318. The number of aromatic nitrogens is 2. The number of para-hydroxylation sites is 2. The highest BCUT2D eigenvalue weighted by atomic mass is 35.5. The van der Waals surface area contributed by atoms with Gasteiger partial charge in [0.05, 0.1) is 23.0 Å². The van der Waals surface area contributed by atoms with E-state index >= 15 is 0 Å². The highest BCUT2D eigenvalue weighted by Gasteiger charge is 2.17. The van der Waals surface area contributed by atoms with Crippen molar-refractivity contribution in [3.63, 3.8) is 0 Å². The topological polar surface area (TPSA) is 21.1 Å². The van der Waals surface area contributed by atoms with E-state index in [-0.39, 0.29) is 33.9 Å². The maximum Gasteiger partial charge on any atom is 0.124 e. The SMILES string of the molecule is Cl.[2H]C([2H])(c1nc2ccccc2n1C([2H])([2H])c1ccc(Cl)cc1)N1C([2H])([2H])C([2H])([2H])C([2H])([2H])C1([2H])[2H]. The van der Waals surface area contributed by atoms with Gasteiger partial charge in [0, 0.05) is 22.5 Å². The summed E-state index contributed by atoms with van der Waals surface area (Å²) in [6, 6.07) is 11.7. The second kappa shape index (κ2) is 7.56. The Morgan fingerprint density at radius 2 is 1.75 bits per heavy atom. The maximum atomic E-state index is 8.85. The zero-order valence-corrected chi connectivity index (χ0v) is 13.8. The molecular formula is C19H21Cl2N3. The zero-order valence-electron chi connectivity index (χ0n) is 24.2. The molecule has 0 amide bonds. The van der Waals surface area contributed by atoms with E-state index in [9.17, 15) is 0 Å². The molecule has 0 radical (unpaired) electrons. The Morgan fingerprint density at radius 1 is 1.04 bits per heavy atom. The Bertz CT molecular complexity index is 1260. The first-order chi connectivity index (χ1) is 15.8. The lowest BCUT2D eigenvalue weighted by atomic mass is 10.2. The van der Waals surface area contributed by atoms with Crippen LogP contribution in [0.2, 0.25) is 5.02 Å². The molecule has 5 heteroatoms. The molecule has 0 atom stereocenters. The van der Waals surface area contributed by atoms with Gasteiger partial charge in [-0.2, -0.15) is 0 Å². The second-order valence-electron chi connectivity index (χ2n) is 4.80. The van der Waals surface area contributed by atoms with Crippen molar-refractivity contribution in [2.24, 2.45) is 0 Å². The number of fused-ring (bicyclic) bond motifs is 1. The molecule has 1 aliphatic rings. The third-order valence-electron chi connectivity index (χ3n) is 3.26. The summed E-state index contributed by atoms with van der Waals surface area (Å²) in [7, 11) is 0. The molecule has 0 spiro atoms. The first-order valence-corrected chi connectivity index (χ1v) is 7.25. The molecule has 1 aliphatic heterocycles. The van der Waals surface area contributed by atoms with E-state index in [2.05, 4.69) is 4.98 Å². The first kappa shape index (κ1) is 7.77. The van der Waals surface area contributed by atoms with Crippen molar-refractivity contribution in [3.05, 3.63) is 64.9 Å². The predicted octanol–water partition coefficient (Wildman–Crippen LogP) is 4.76. The molecule has 0 unspecified atom stereocenters. The number of imidazole rings is 1. The van der Waals surface area contributed by atoms with Crippen molar-refractivity contribution in [2.45, 2.75) is 25.7 Å². The normalized spacial score (nSPS) is 31.9. The fourth-order valence-corrected chi connectivity index (χ4v) is 2.35. The standard InChI is InChI=1S/C19H20ClN3.ClH/c20-16-9-7-15(8-10-16)13-23-18-6-2-1-5-17(18)21-19(23)14-22-11-3-4-12-22;/h1-2,5-10H,3-4,11-14H2;1H/i3D2,4D2,11D2,12D2,13D2,14D2;. The molecule has 0 saturated carbocycles. The van der Waals surface area contributed by atoms with Gasteiger partial charge in [0.1, 0.15) is 5.82 Å². The summed E-state index contributed by atoms with van der Waals surface area (Å²) in [5.41, 5.74) is 0.272. The van der Waals surface area contributed by atoms with Crippen LogP contribution in [0.15, 0.2) is 48.5 Å². The minimum Gasteiger partial charge on any atom is -0.322 e. The number of rotatable bonds is 4. The van der Waals surface area contributed by atoms with E-state index in [0.717, 1.165) is 4.57 Å². The monoisotopic (exact) mass is 373 g/mol. The minimum absolute atomic E-state index is 0. The van der Waals surface area contributed by atoms with Crippen molar-refractivity contribution >= 4 is 35.0 Å². The van der Waals surface area contributed by atoms with Crippen LogP contribution in [0.1, 0.15) is 40.6 Å². The van der Waals surface area contributed by atoms with Crippen molar-refractivity contribution < 1.29 is 16.4 Å². The number of benzene rings is 2. The van der Waals surface area contributed by atoms with Crippen molar-refractivity contribution in [1.82, 2.24) is 14.5 Å². The summed E-state index contributed by atoms with van der Waals surface area (Å²) < 4.78 is 101. The van der Waals surface area contributed by atoms with Crippen LogP contribution >= 0.6 is 24.0 Å². The van der Waals surface area contributed by atoms with Crippen LogP contribution in [-0.4, -0.2) is 27.4 Å². The molecule has 3 nitrogen and oxygen atoms in total. The van der Waals surface area contributed by atoms with Gasteiger partial charge in [-0.1, -0.05) is 35.9 Å². The van der Waals surface area contributed by atoms with E-state index in [0.29, 0.717) is 5.02 Å². The molecular weight excluding hydrogens is 341 g/mol. The van der Waals surface area contributed by atoms with Gasteiger partial charge in [0.25, 0.3) is 0 Å². The number of halogens is 2. The van der Waals surface area contributed by atoms with E-state index in [1.54, 1.807) is 12.1 Å². The minimum atomic E-state index is -3.49. The van der Waals surface area contributed by atoms with Crippen LogP contribution in [0, 0.1) is 0 Å². The molecule has 1 fully saturated rings. The summed E-state index contributed by atoms with van der Waals surface area (Å²) >= 11 is 5.93. The molecule has 1 aromatic heterocycles. The third-order valence-corrected chi connectivity index (χ3v) is 3.51. The highest BCUT2D eigenvalue weighted by molar-refractivity contribution is 6.30. The van der Waals surface area contributed by atoms with Crippen LogP contribution in [0.4, 0.5) is 0 Å². The van der Waals surface area contributed by atoms with Gasteiger partial charge in [-0.3, -0.25) is 4.90 Å². The number of likely N-dealkylation sites (tertiary alicyclic amines) is 1. The Labute approximate surface area is 170 Å².